The molecule has 0 fully saturated rings. The fourth-order valence-corrected chi connectivity index (χ4v) is 0.182. The topological polar surface area (TPSA) is 46.9 Å². The lowest BCUT2D eigenvalue weighted by Crippen LogP contribution is -2.23. The minimum atomic E-state index is -4.52. The molecule has 0 saturated heterocycles. The Morgan fingerprint density at radius 1 is 1.50 bits per heavy atom. The molecule has 2 nitrogen and oxygen atoms in total. The lowest BCUT2D eigenvalue weighted by Gasteiger charge is -2.08. The molecule has 0 aromatic rings. The van der Waals surface area contributed by atoms with E-state index in [1.165, 1.54) is 0 Å². The van der Waals surface area contributed by atoms with Crippen LogP contribution in [0.1, 0.15) is 6.42 Å². The van der Waals surface area contributed by atoms with Gasteiger partial charge in [-0.1, -0.05) is 0 Å². The van der Waals surface area contributed by atoms with E-state index in [2.05, 4.69) is 0 Å². The van der Waals surface area contributed by atoms with E-state index in [9.17, 15) is 18.3 Å². The SMILES string of the molecule is N=C([O-])CC(F)(F)F. The predicted octanol–water partition coefficient (Wildman–Crippen LogP) is 0.276. The molecule has 0 amide bonds. The van der Waals surface area contributed by atoms with E-state index in [4.69, 9.17) is 5.41 Å². The third kappa shape index (κ3) is 5.26. The van der Waals surface area contributed by atoms with Crippen LogP contribution in [0.4, 0.5) is 13.2 Å². The number of hydrogen-bond donors (Lipinski definition) is 1. The zero-order valence-electron chi connectivity index (χ0n) is 3.75. The Hall–Kier alpha value is -0.740. The summed E-state index contributed by atoms with van der Waals surface area (Å²) >= 11 is 0. The van der Waals surface area contributed by atoms with Crippen LogP contribution >= 0.6 is 0 Å². The van der Waals surface area contributed by atoms with Gasteiger partial charge in [0.1, 0.15) is 0 Å². The van der Waals surface area contributed by atoms with Crippen LogP contribution in [0.5, 0.6) is 0 Å². The summed E-state index contributed by atoms with van der Waals surface area (Å²) in [6.45, 7) is 0. The minimum Gasteiger partial charge on any atom is -0.862 e. The van der Waals surface area contributed by atoms with Crippen molar-refractivity contribution < 1.29 is 18.3 Å². The smallest absolute Gasteiger partial charge is 0.393 e. The highest BCUT2D eigenvalue weighted by atomic mass is 19.4. The van der Waals surface area contributed by atoms with Crippen molar-refractivity contribution in [2.24, 2.45) is 0 Å². The molecular formula is C3H3F3NO-. The Morgan fingerprint density at radius 3 is 1.88 bits per heavy atom. The maximum atomic E-state index is 11.0. The lowest BCUT2D eigenvalue weighted by molar-refractivity contribution is -0.234. The molecule has 0 atom stereocenters. The molecule has 0 aliphatic heterocycles. The molecular weight excluding hydrogens is 123 g/mol. The standard InChI is InChI=1S/C3H4F3NO/c4-3(5,6)1-2(7)8/h1H2,(H2,7,8)/p-1. The second kappa shape index (κ2) is 2.02. The molecule has 0 spiro atoms. The molecule has 0 aromatic heterocycles. The van der Waals surface area contributed by atoms with Crippen LogP contribution in [0.25, 0.3) is 0 Å². The van der Waals surface area contributed by atoms with E-state index in [1.807, 2.05) is 0 Å². The summed E-state index contributed by atoms with van der Waals surface area (Å²) < 4.78 is 32.9. The quantitative estimate of drug-likeness (QED) is 0.398. The van der Waals surface area contributed by atoms with E-state index in [-0.39, 0.29) is 0 Å². The maximum absolute atomic E-state index is 11.0. The van der Waals surface area contributed by atoms with Crippen molar-refractivity contribution in [2.45, 2.75) is 12.6 Å². The molecule has 0 aromatic carbocycles. The van der Waals surface area contributed by atoms with Crippen molar-refractivity contribution >= 4 is 5.90 Å². The number of nitrogens with one attached hydrogen (secondary N) is 1. The van der Waals surface area contributed by atoms with Gasteiger partial charge in [-0.2, -0.15) is 13.2 Å². The summed E-state index contributed by atoms with van der Waals surface area (Å²) in [5.41, 5.74) is 0. The van der Waals surface area contributed by atoms with Crippen LogP contribution < -0.4 is 5.11 Å². The molecule has 0 rings (SSSR count). The molecule has 0 aliphatic carbocycles. The second-order valence-corrected chi connectivity index (χ2v) is 1.22. The Balaban J connectivity index is 3.55. The Bertz CT molecular complexity index is 97.2. The van der Waals surface area contributed by atoms with Gasteiger partial charge in [0.05, 0.1) is 6.42 Å². The van der Waals surface area contributed by atoms with Gasteiger partial charge in [-0.05, 0) is 5.90 Å². The van der Waals surface area contributed by atoms with Gasteiger partial charge in [0.2, 0.25) is 0 Å². The molecule has 5 heteroatoms. The van der Waals surface area contributed by atoms with Crippen molar-refractivity contribution in [3.63, 3.8) is 0 Å². The molecule has 0 heterocycles. The molecule has 0 aliphatic rings. The summed E-state index contributed by atoms with van der Waals surface area (Å²) in [7, 11) is 0. The predicted molar refractivity (Wildman–Crippen MR) is 18.4 cm³/mol. The lowest BCUT2D eigenvalue weighted by atomic mass is 10.4. The zero-order valence-corrected chi connectivity index (χ0v) is 3.75. The highest BCUT2D eigenvalue weighted by Gasteiger charge is 2.25. The van der Waals surface area contributed by atoms with Gasteiger partial charge in [-0.15, -0.1) is 0 Å². The molecule has 8 heavy (non-hydrogen) atoms. The summed E-state index contributed by atoms with van der Waals surface area (Å²) in [6.07, 6.45) is -6.16. The third-order valence-corrected chi connectivity index (χ3v) is 0.361. The van der Waals surface area contributed by atoms with Crippen LogP contribution in [0.2, 0.25) is 0 Å². The van der Waals surface area contributed by atoms with Gasteiger partial charge in [0.15, 0.2) is 0 Å². The highest BCUT2D eigenvalue weighted by Crippen LogP contribution is 2.17. The Morgan fingerprint density at radius 2 is 1.88 bits per heavy atom. The molecule has 0 unspecified atom stereocenters. The maximum Gasteiger partial charge on any atom is 0.393 e. The van der Waals surface area contributed by atoms with Crippen molar-refractivity contribution in [3.05, 3.63) is 0 Å². The second-order valence-electron chi connectivity index (χ2n) is 1.22. The van der Waals surface area contributed by atoms with Gasteiger partial charge < -0.3 is 10.5 Å². The van der Waals surface area contributed by atoms with Crippen molar-refractivity contribution in [2.75, 3.05) is 0 Å². The first-order valence-corrected chi connectivity index (χ1v) is 1.73. The molecule has 0 radical (unpaired) electrons. The van der Waals surface area contributed by atoms with Crippen LogP contribution in [0.15, 0.2) is 0 Å². The average Bonchev–Trinajstić information content (AvgIpc) is 1.21. The first kappa shape index (κ1) is 7.26. The van der Waals surface area contributed by atoms with Crippen LogP contribution in [0, 0.1) is 5.41 Å². The molecule has 0 bridgehead atoms. The van der Waals surface area contributed by atoms with Gasteiger partial charge in [-0.3, -0.25) is 0 Å². The van der Waals surface area contributed by atoms with E-state index >= 15 is 0 Å². The van der Waals surface area contributed by atoms with E-state index < -0.39 is 18.5 Å². The summed E-state index contributed by atoms with van der Waals surface area (Å²) in [5, 5.41) is 15.3. The number of hydrogen-bond acceptors (Lipinski definition) is 2. The number of alkyl halides is 3. The van der Waals surface area contributed by atoms with Gasteiger partial charge in [0, 0.05) is 0 Å². The van der Waals surface area contributed by atoms with Crippen LogP contribution in [-0.4, -0.2) is 12.1 Å². The molecule has 48 valence electrons. The zero-order chi connectivity index (χ0) is 6.78. The Labute approximate surface area is 43.4 Å². The van der Waals surface area contributed by atoms with Crippen molar-refractivity contribution in [3.8, 4) is 0 Å². The third-order valence-electron chi connectivity index (χ3n) is 0.361. The molecule has 0 saturated carbocycles. The average molecular weight is 126 g/mol. The monoisotopic (exact) mass is 126 g/mol. The van der Waals surface area contributed by atoms with E-state index in [0.717, 1.165) is 0 Å². The van der Waals surface area contributed by atoms with Crippen LogP contribution in [-0.2, 0) is 0 Å². The summed E-state index contributed by atoms with van der Waals surface area (Å²) in [4.78, 5) is 0. The van der Waals surface area contributed by atoms with Crippen molar-refractivity contribution in [1.82, 2.24) is 0 Å². The largest absolute Gasteiger partial charge is 0.862 e. The van der Waals surface area contributed by atoms with Gasteiger partial charge >= 0.3 is 6.18 Å². The first-order chi connectivity index (χ1) is 3.42. The number of rotatable bonds is 1. The molecule has 1 N–H and O–H groups in total. The first-order valence-electron chi connectivity index (χ1n) is 1.73. The Kier molecular flexibility index (Phi) is 1.83. The van der Waals surface area contributed by atoms with Gasteiger partial charge in [-0.25, -0.2) is 0 Å². The number of halogens is 3. The summed E-state index contributed by atoms with van der Waals surface area (Å²) in [6, 6.07) is 0. The highest BCUT2D eigenvalue weighted by molar-refractivity contribution is 5.68. The minimum absolute atomic E-state index is 1.60. The van der Waals surface area contributed by atoms with E-state index in [1.54, 1.807) is 0 Å². The fourth-order valence-electron chi connectivity index (χ4n) is 0.182. The van der Waals surface area contributed by atoms with Crippen LogP contribution in [0.3, 0.4) is 0 Å². The van der Waals surface area contributed by atoms with E-state index in [0.29, 0.717) is 0 Å². The van der Waals surface area contributed by atoms with Crippen molar-refractivity contribution in [1.29, 1.82) is 5.41 Å². The summed E-state index contributed by atoms with van der Waals surface area (Å²) in [5.74, 6) is -1.60. The normalized spacial score (nSPS) is 11.4. The fraction of sp³-hybridized carbons (Fsp3) is 0.667. The van der Waals surface area contributed by atoms with Gasteiger partial charge in [0.25, 0.3) is 0 Å².